The van der Waals surface area contributed by atoms with Crippen molar-refractivity contribution in [1.82, 2.24) is 9.13 Å². The Bertz CT molecular complexity index is 3520. The minimum Gasteiger partial charge on any atom is -0.309 e. The lowest BCUT2D eigenvalue weighted by molar-refractivity contribution is 1.18. The van der Waals surface area contributed by atoms with Gasteiger partial charge in [0.05, 0.1) is 22.1 Å². The molecule has 0 radical (unpaired) electrons. The molecule has 0 atom stereocenters. The quantitative estimate of drug-likeness (QED) is 0.129. The first-order valence-electron chi connectivity index (χ1n) is 22.0. The molecule has 2 heterocycles. The zero-order valence-electron chi connectivity index (χ0n) is 35.5. The molecular formula is C61H46N2. The minimum absolute atomic E-state index is 1.02. The number of hydrogen-bond acceptors (Lipinski definition) is 0. The highest BCUT2D eigenvalue weighted by Gasteiger charge is 2.17. The van der Waals surface area contributed by atoms with E-state index in [4.69, 9.17) is 0 Å². The van der Waals surface area contributed by atoms with E-state index in [-0.39, 0.29) is 0 Å². The van der Waals surface area contributed by atoms with Crippen molar-refractivity contribution in [2.75, 3.05) is 0 Å². The second kappa shape index (κ2) is 16.2. The smallest absolute Gasteiger partial charge is 0.0541 e. The molecule has 2 nitrogen and oxygen atoms in total. The Morgan fingerprint density at radius 3 is 1.30 bits per heavy atom. The predicted molar refractivity (Wildman–Crippen MR) is 270 cm³/mol. The molecule has 11 rings (SSSR count). The van der Waals surface area contributed by atoms with Crippen LogP contribution in [0.15, 0.2) is 231 Å². The van der Waals surface area contributed by atoms with Crippen LogP contribution < -0.4 is 0 Å². The molecule has 2 aromatic heterocycles. The van der Waals surface area contributed by atoms with Gasteiger partial charge in [0.1, 0.15) is 0 Å². The molecule has 2 heteroatoms. The molecule has 9 aromatic carbocycles. The van der Waals surface area contributed by atoms with Crippen molar-refractivity contribution in [3.8, 4) is 55.9 Å². The van der Waals surface area contributed by atoms with E-state index in [0.29, 0.717) is 0 Å². The summed E-state index contributed by atoms with van der Waals surface area (Å²) in [6.45, 7) is 4.28. The maximum Gasteiger partial charge on any atom is 0.0541 e. The van der Waals surface area contributed by atoms with Crippen LogP contribution in [0.4, 0.5) is 0 Å². The summed E-state index contributed by atoms with van der Waals surface area (Å²) in [5.41, 5.74) is 19.3. The predicted octanol–water partition coefficient (Wildman–Crippen LogP) is 16.9. The summed E-state index contributed by atoms with van der Waals surface area (Å²) in [7, 11) is 0. The highest BCUT2D eigenvalue weighted by molar-refractivity contribution is 6.12. The van der Waals surface area contributed by atoms with Gasteiger partial charge in [-0.25, -0.2) is 0 Å². The molecule has 0 aliphatic carbocycles. The molecule has 0 N–H and O–H groups in total. The number of para-hydroxylation sites is 2. The average molecular weight is 807 g/mol. The molecule has 63 heavy (non-hydrogen) atoms. The molecule has 0 aliphatic rings. The number of hydrogen-bond donors (Lipinski definition) is 0. The lowest BCUT2D eigenvalue weighted by atomic mass is 9.98. The van der Waals surface area contributed by atoms with Gasteiger partial charge in [0.2, 0.25) is 0 Å². The van der Waals surface area contributed by atoms with Crippen LogP contribution >= 0.6 is 0 Å². The van der Waals surface area contributed by atoms with E-state index in [0.717, 1.165) is 17.8 Å². The van der Waals surface area contributed by atoms with E-state index in [9.17, 15) is 0 Å². The molecule has 0 saturated heterocycles. The van der Waals surface area contributed by atoms with Gasteiger partial charge in [0.25, 0.3) is 0 Å². The number of nitrogens with zero attached hydrogens (tertiary/aromatic N) is 2. The zero-order valence-corrected chi connectivity index (χ0v) is 35.5. The van der Waals surface area contributed by atoms with Crippen LogP contribution in [0.3, 0.4) is 0 Å². The van der Waals surface area contributed by atoms with Gasteiger partial charge in [-0.2, -0.15) is 0 Å². The Labute approximate surface area is 369 Å². The first-order valence-corrected chi connectivity index (χ1v) is 22.0. The van der Waals surface area contributed by atoms with Gasteiger partial charge in [0, 0.05) is 32.9 Å². The number of allylic oxidation sites excluding steroid dienone is 4. The highest BCUT2D eigenvalue weighted by Crippen LogP contribution is 2.39. The maximum absolute atomic E-state index is 2.41. The average Bonchev–Trinajstić information content (AvgIpc) is 3.87. The van der Waals surface area contributed by atoms with Gasteiger partial charge in [-0.05, 0) is 142 Å². The standard InChI is InChI=1S/C61H46N2/c1-3-5-15-42(4-2)46-18-13-20-48(38-46)44-26-32-52(33-27-44)62-58-24-11-9-22-54(58)56-40-50(30-36-60(56)62)51-31-37-61-57(41-51)55-23-10-12-25-59(55)63(61)53-34-28-45(29-35-53)49-21-14-19-47(39-49)43-16-7-6-8-17-43/h4-41H,3H2,1-2H3/b15-5-,42-4+. The monoisotopic (exact) mass is 806 g/mol. The summed E-state index contributed by atoms with van der Waals surface area (Å²) in [5.74, 6) is 0. The summed E-state index contributed by atoms with van der Waals surface area (Å²) in [5, 5.41) is 4.99. The molecule has 0 amide bonds. The number of aromatic nitrogens is 2. The van der Waals surface area contributed by atoms with Crippen molar-refractivity contribution in [2.45, 2.75) is 20.3 Å². The van der Waals surface area contributed by atoms with E-state index >= 15 is 0 Å². The summed E-state index contributed by atoms with van der Waals surface area (Å²) in [4.78, 5) is 0. The Kier molecular flexibility index (Phi) is 9.75. The molecule has 0 aliphatic heterocycles. The summed E-state index contributed by atoms with van der Waals surface area (Å²) < 4.78 is 4.81. The molecule has 0 unspecified atom stereocenters. The minimum atomic E-state index is 1.02. The van der Waals surface area contributed by atoms with Gasteiger partial charge >= 0.3 is 0 Å². The molecule has 0 saturated carbocycles. The highest BCUT2D eigenvalue weighted by atomic mass is 15.0. The van der Waals surface area contributed by atoms with Crippen LogP contribution in [-0.2, 0) is 0 Å². The fraction of sp³-hybridized carbons (Fsp3) is 0.0492. The second-order valence-corrected chi connectivity index (χ2v) is 16.3. The van der Waals surface area contributed by atoms with E-state index in [1.54, 1.807) is 0 Å². The topological polar surface area (TPSA) is 9.86 Å². The van der Waals surface area contributed by atoms with Gasteiger partial charge in [-0.3, -0.25) is 0 Å². The normalized spacial score (nSPS) is 12.1. The van der Waals surface area contributed by atoms with Gasteiger partial charge < -0.3 is 9.13 Å². The number of rotatable bonds is 9. The number of fused-ring (bicyclic) bond motifs is 6. The van der Waals surface area contributed by atoms with Gasteiger partial charge in [-0.15, -0.1) is 0 Å². The van der Waals surface area contributed by atoms with Crippen LogP contribution in [0, 0.1) is 0 Å². The van der Waals surface area contributed by atoms with Crippen LogP contribution in [0.5, 0.6) is 0 Å². The second-order valence-electron chi connectivity index (χ2n) is 16.3. The Balaban J connectivity index is 0.941. The summed E-state index contributed by atoms with van der Waals surface area (Å²) in [6, 6.07) is 77.8. The van der Waals surface area contributed by atoms with Crippen molar-refractivity contribution in [1.29, 1.82) is 0 Å². The Hall–Kier alpha value is -7.94. The third-order valence-corrected chi connectivity index (χ3v) is 12.6. The van der Waals surface area contributed by atoms with E-state index < -0.39 is 0 Å². The zero-order chi connectivity index (χ0) is 42.3. The van der Waals surface area contributed by atoms with Crippen molar-refractivity contribution in [3.63, 3.8) is 0 Å². The fourth-order valence-electron chi connectivity index (χ4n) is 9.46. The summed E-state index contributed by atoms with van der Waals surface area (Å²) >= 11 is 0. The first kappa shape index (κ1) is 38.0. The van der Waals surface area contributed by atoms with Gasteiger partial charge in [-0.1, -0.05) is 165 Å². The molecule has 11 aromatic rings. The van der Waals surface area contributed by atoms with Crippen molar-refractivity contribution in [3.05, 3.63) is 236 Å². The van der Waals surface area contributed by atoms with Crippen LogP contribution in [0.2, 0.25) is 0 Å². The van der Waals surface area contributed by atoms with Gasteiger partial charge in [0.15, 0.2) is 0 Å². The number of benzene rings is 9. The largest absolute Gasteiger partial charge is 0.309 e. The van der Waals surface area contributed by atoms with E-state index in [2.05, 4.69) is 254 Å². The van der Waals surface area contributed by atoms with Crippen molar-refractivity contribution in [2.24, 2.45) is 0 Å². The van der Waals surface area contributed by atoms with Crippen LogP contribution in [-0.4, -0.2) is 9.13 Å². The molecule has 0 spiro atoms. The molecular weight excluding hydrogens is 761 g/mol. The summed E-state index contributed by atoms with van der Waals surface area (Å²) in [6.07, 6.45) is 7.65. The lowest BCUT2D eigenvalue weighted by Gasteiger charge is -2.11. The maximum atomic E-state index is 2.41. The van der Waals surface area contributed by atoms with Crippen molar-refractivity contribution >= 4 is 49.2 Å². The van der Waals surface area contributed by atoms with Crippen LogP contribution in [0.25, 0.3) is 105 Å². The molecule has 0 bridgehead atoms. The van der Waals surface area contributed by atoms with E-state index in [1.165, 1.54) is 99.3 Å². The fourth-order valence-corrected chi connectivity index (χ4v) is 9.46. The van der Waals surface area contributed by atoms with E-state index in [1.807, 2.05) is 0 Å². The molecule has 0 fully saturated rings. The Morgan fingerprint density at radius 2 is 0.778 bits per heavy atom. The SMILES string of the molecule is C/C=C(\C=C/CC)c1cccc(-c2ccc(-n3c4ccccc4c4cc(-c5ccc6c(c5)c5ccccc5n6-c5ccc(-c6cccc(-c7ccccc7)c6)cc5)ccc43)cc2)c1. The molecule has 300 valence electrons. The van der Waals surface area contributed by atoms with Crippen molar-refractivity contribution < 1.29 is 0 Å². The van der Waals surface area contributed by atoms with Crippen LogP contribution in [0.1, 0.15) is 25.8 Å². The third kappa shape index (κ3) is 6.87. The third-order valence-electron chi connectivity index (χ3n) is 12.6. The lowest BCUT2D eigenvalue weighted by Crippen LogP contribution is -1.94. The first-order chi connectivity index (χ1) is 31.1. The Morgan fingerprint density at radius 1 is 0.365 bits per heavy atom.